The fraction of sp³-hybridized carbons (Fsp3) is 1.00. The van der Waals surface area contributed by atoms with Crippen LogP contribution in [0.4, 0.5) is 0 Å². The third-order valence-corrected chi connectivity index (χ3v) is 3.86. The molecule has 0 amide bonds. The van der Waals surface area contributed by atoms with Crippen LogP contribution in [0.1, 0.15) is 19.3 Å². The van der Waals surface area contributed by atoms with E-state index in [0.717, 1.165) is 26.2 Å². The molecule has 0 aliphatic carbocycles. The second-order valence-electron chi connectivity index (χ2n) is 5.05. The van der Waals surface area contributed by atoms with Crippen LogP contribution in [-0.2, 0) is 4.74 Å². The molecule has 94 valence electrons. The summed E-state index contributed by atoms with van der Waals surface area (Å²) in [5.74, 6) is 0. The molecule has 0 bridgehead atoms. The van der Waals surface area contributed by atoms with Gasteiger partial charge >= 0.3 is 0 Å². The van der Waals surface area contributed by atoms with E-state index in [1.165, 1.54) is 32.4 Å². The molecule has 2 saturated heterocycles. The lowest BCUT2D eigenvalue weighted by molar-refractivity contribution is 0.0289. The highest BCUT2D eigenvalue weighted by atomic mass is 16.5. The van der Waals surface area contributed by atoms with Crippen LogP contribution in [0.15, 0.2) is 0 Å². The molecule has 2 aliphatic heterocycles. The zero-order valence-corrected chi connectivity index (χ0v) is 10.4. The topological polar surface area (TPSA) is 41.7 Å². The molecule has 0 aromatic heterocycles. The van der Waals surface area contributed by atoms with Crippen LogP contribution in [0.25, 0.3) is 0 Å². The lowest BCUT2D eigenvalue weighted by Crippen LogP contribution is -2.49. The van der Waals surface area contributed by atoms with Crippen LogP contribution in [0.5, 0.6) is 0 Å². The molecule has 2 rings (SSSR count). The van der Waals surface area contributed by atoms with Crippen molar-refractivity contribution in [3.8, 4) is 0 Å². The number of rotatable bonds is 3. The van der Waals surface area contributed by atoms with Crippen molar-refractivity contribution in [2.24, 2.45) is 5.73 Å². The molecular weight excluding hydrogens is 202 g/mol. The monoisotopic (exact) mass is 227 g/mol. The zero-order valence-electron chi connectivity index (χ0n) is 10.4. The van der Waals surface area contributed by atoms with Crippen LogP contribution >= 0.6 is 0 Å². The summed E-state index contributed by atoms with van der Waals surface area (Å²) in [4.78, 5) is 4.95. The van der Waals surface area contributed by atoms with Gasteiger partial charge in [-0.1, -0.05) is 0 Å². The molecular formula is C12H25N3O. The van der Waals surface area contributed by atoms with Gasteiger partial charge in [0.25, 0.3) is 0 Å². The van der Waals surface area contributed by atoms with Crippen LogP contribution in [0, 0.1) is 0 Å². The second kappa shape index (κ2) is 5.96. The first kappa shape index (κ1) is 12.3. The summed E-state index contributed by atoms with van der Waals surface area (Å²) in [5, 5.41) is 0. The lowest BCUT2D eigenvalue weighted by Gasteiger charge is -2.33. The predicted octanol–water partition coefficient (Wildman–Crippen LogP) is 0.130. The van der Waals surface area contributed by atoms with Gasteiger partial charge in [-0.25, -0.2) is 0 Å². The van der Waals surface area contributed by atoms with Gasteiger partial charge in [0.15, 0.2) is 0 Å². The number of nitrogens with zero attached hydrogens (tertiary/aromatic N) is 2. The van der Waals surface area contributed by atoms with E-state index < -0.39 is 0 Å². The summed E-state index contributed by atoms with van der Waals surface area (Å²) in [6.07, 6.45) is 4.02. The van der Waals surface area contributed by atoms with Crippen LogP contribution < -0.4 is 5.73 Å². The maximum atomic E-state index is 5.93. The molecule has 4 nitrogen and oxygen atoms in total. The smallest absolute Gasteiger partial charge is 0.0743 e. The van der Waals surface area contributed by atoms with Crippen molar-refractivity contribution in [3.63, 3.8) is 0 Å². The van der Waals surface area contributed by atoms with Crippen molar-refractivity contribution >= 4 is 0 Å². The van der Waals surface area contributed by atoms with Gasteiger partial charge in [-0.05, 0) is 39.4 Å². The Morgan fingerprint density at radius 2 is 2.12 bits per heavy atom. The minimum Gasteiger partial charge on any atom is -0.377 e. The summed E-state index contributed by atoms with van der Waals surface area (Å²) in [6, 6.07) is 0.439. The highest BCUT2D eigenvalue weighted by Gasteiger charge is 2.30. The van der Waals surface area contributed by atoms with Crippen LogP contribution in [0.3, 0.4) is 0 Å². The van der Waals surface area contributed by atoms with Crippen molar-refractivity contribution in [2.45, 2.75) is 31.4 Å². The minimum absolute atomic E-state index is 0.383. The van der Waals surface area contributed by atoms with Gasteiger partial charge in [-0.15, -0.1) is 0 Å². The van der Waals surface area contributed by atoms with Gasteiger partial charge in [-0.3, -0.25) is 4.90 Å². The Bertz CT molecular complexity index is 206. The summed E-state index contributed by atoms with van der Waals surface area (Å²) in [7, 11) is 2.20. The van der Waals surface area contributed by atoms with E-state index in [9.17, 15) is 0 Å². The molecule has 2 fully saturated rings. The minimum atomic E-state index is 0.383. The highest BCUT2D eigenvalue weighted by Crippen LogP contribution is 2.20. The van der Waals surface area contributed by atoms with Gasteiger partial charge in [0, 0.05) is 32.3 Å². The van der Waals surface area contributed by atoms with Gasteiger partial charge in [0.2, 0.25) is 0 Å². The molecule has 2 N–H and O–H groups in total. The van der Waals surface area contributed by atoms with Crippen molar-refractivity contribution in [1.82, 2.24) is 9.80 Å². The standard InChI is InChI=1S/C12H25N3O/c1-14-5-3-6-15(8-7-14)11(10-13)12-4-2-9-16-12/h11-12H,2-10,13H2,1H3. The largest absolute Gasteiger partial charge is 0.377 e. The molecule has 2 atom stereocenters. The van der Waals surface area contributed by atoms with E-state index in [0.29, 0.717) is 12.1 Å². The van der Waals surface area contributed by atoms with E-state index in [1.807, 2.05) is 0 Å². The Balaban J connectivity index is 1.91. The van der Waals surface area contributed by atoms with Crippen LogP contribution in [-0.4, -0.2) is 68.3 Å². The van der Waals surface area contributed by atoms with Crippen molar-refractivity contribution in [3.05, 3.63) is 0 Å². The lowest BCUT2D eigenvalue weighted by atomic mass is 10.1. The quantitative estimate of drug-likeness (QED) is 0.744. The van der Waals surface area contributed by atoms with Gasteiger partial charge < -0.3 is 15.4 Å². The number of hydrogen-bond donors (Lipinski definition) is 1. The average molecular weight is 227 g/mol. The fourth-order valence-electron chi connectivity index (χ4n) is 2.84. The molecule has 0 saturated carbocycles. The van der Waals surface area contributed by atoms with E-state index in [4.69, 9.17) is 10.5 Å². The Hall–Kier alpha value is -0.160. The van der Waals surface area contributed by atoms with Gasteiger partial charge in [0.1, 0.15) is 0 Å². The van der Waals surface area contributed by atoms with E-state index in [1.54, 1.807) is 0 Å². The van der Waals surface area contributed by atoms with Crippen molar-refractivity contribution < 1.29 is 4.74 Å². The van der Waals surface area contributed by atoms with E-state index in [-0.39, 0.29) is 0 Å². The Morgan fingerprint density at radius 1 is 1.25 bits per heavy atom. The molecule has 2 aliphatic rings. The Kier molecular flexibility index (Phi) is 4.58. The van der Waals surface area contributed by atoms with Crippen molar-refractivity contribution in [1.29, 1.82) is 0 Å². The maximum Gasteiger partial charge on any atom is 0.0743 e. The van der Waals surface area contributed by atoms with Crippen LogP contribution in [0.2, 0.25) is 0 Å². The molecule has 0 spiro atoms. The summed E-state index contributed by atoms with van der Waals surface area (Å²) < 4.78 is 5.79. The highest BCUT2D eigenvalue weighted by molar-refractivity contribution is 4.85. The first-order chi connectivity index (χ1) is 7.81. The van der Waals surface area contributed by atoms with Gasteiger partial charge in [0.05, 0.1) is 6.10 Å². The number of hydrogen-bond acceptors (Lipinski definition) is 4. The SMILES string of the molecule is CN1CCCN(C(CN)C2CCCO2)CC1. The fourth-order valence-corrected chi connectivity index (χ4v) is 2.84. The first-order valence-electron chi connectivity index (χ1n) is 6.55. The molecule has 0 aromatic rings. The zero-order chi connectivity index (χ0) is 11.4. The average Bonchev–Trinajstić information content (AvgIpc) is 2.71. The number of nitrogens with two attached hydrogens (primary N) is 1. The third kappa shape index (κ3) is 2.94. The Labute approximate surface area is 98.7 Å². The summed E-state index contributed by atoms with van der Waals surface area (Å²) >= 11 is 0. The third-order valence-electron chi connectivity index (χ3n) is 3.86. The summed E-state index contributed by atoms with van der Waals surface area (Å²) in [5.41, 5.74) is 5.93. The molecule has 0 aromatic carbocycles. The molecule has 16 heavy (non-hydrogen) atoms. The normalized spacial score (nSPS) is 31.5. The Morgan fingerprint density at radius 3 is 2.81 bits per heavy atom. The number of ether oxygens (including phenoxy) is 1. The van der Waals surface area contributed by atoms with Gasteiger partial charge in [-0.2, -0.15) is 0 Å². The van der Waals surface area contributed by atoms with E-state index in [2.05, 4.69) is 16.8 Å². The molecule has 2 unspecified atom stereocenters. The summed E-state index contributed by atoms with van der Waals surface area (Å²) in [6.45, 7) is 6.33. The molecule has 2 heterocycles. The second-order valence-corrected chi connectivity index (χ2v) is 5.05. The molecule has 0 radical (unpaired) electrons. The van der Waals surface area contributed by atoms with E-state index >= 15 is 0 Å². The maximum absolute atomic E-state index is 5.93. The number of likely N-dealkylation sites (N-methyl/N-ethyl adjacent to an activating group) is 1. The predicted molar refractivity (Wildman–Crippen MR) is 65.5 cm³/mol. The molecule has 4 heteroatoms. The van der Waals surface area contributed by atoms with Crippen molar-refractivity contribution in [2.75, 3.05) is 46.4 Å². The first-order valence-corrected chi connectivity index (χ1v) is 6.55.